The van der Waals surface area contributed by atoms with Crippen molar-refractivity contribution in [1.82, 2.24) is 4.90 Å². The second-order valence-corrected chi connectivity index (χ2v) is 12.3. The Morgan fingerprint density at radius 2 is 1.52 bits per heavy atom. The van der Waals surface area contributed by atoms with Crippen molar-refractivity contribution in [3.05, 3.63) is 96.8 Å². The Balaban J connectivity index is 1.93. The molecule has 1 aromatic heterocycles. The van der Waals surface area contributed by atoms with Gasteiger partial charge in [-0.3, -0.25) is 9.69 Å². The van der Waals surface area contributed by atoms with Gasteiger partial charge in [-0.1, -0.05) is 62.5 Å². The van der Waals surface area contributed by atoms with Crippen molar-refractivity contribution in [3.63, 3.8) is 0 Å². The topological polar surface area (TPSA) is 69.0 Å². The first-order valence-corrected chi connectivity index (χ1v) is 14.8. The molecule has 4 aromatic rings. The van der Waals surface area contributed by atoms with Crippen LogP contribution in [0, 0.1) is 11.8 Å². The molecule has 0 amide bonds. The van der Waals surface area contributed by atoms with Crippen molar-refractivity contribution in [2.75, 3.05) is 13.1 Å². The Morgan fingerprint density at radius 1 is 0.909 bits per heavy atom. The van der Waals surface area contributed by atoms with Gasteiger partial charge in [0.15, 0.2) is 0 Å². The summed E-state index contributed by atoms with van der Waals surface area (Å²) < 4.78 is 59.9. The summed E-state index contributed by atoms with van der Waals surface area (Å²) in [6, 6.07) is 12.3. The van der Waals surface area contributed by atoms with E-state index in [-0.39, 0.29) is 57.0 Å². The molecule has 4 rings (SSSR count). The molecule has 6 nitrogen and oxygen atoms in total. The van der Waals surface area contributed by atoms with Crippen molar-refractivity contribution >= 4 is 51.7 Å². The number of alkyl halides is 3. The highest BCUT2D eigenvalue weighted by molar-refractivity contribution is 6.36. The summed E-state index contributed by atoms with van der Waals surface area (Å²) in [4.78, 5) is 28.8. The van der Waals surface area contributed by atoms with Crippen LogP contribution in [0.5, 0.6) is 17.2 Å². The Morgan fingerprint density at radius 3 is 2.09 bits per heavy atom. The van der Waals surface area contributed by atoms with Gasteiger partial charge in [-0.2, -0.15) is 13.2 Å². The van der Waals surface area contributed by atoms with Crippen LogP contribution >= 0.6 is 34.8 Å². The first-order valence-electron chi connectivity index (χ1n) is 13.7. The van der Waals surface area contributed by atoms with E-state index in [4.69, 9.17) is 48.7 Å². The Labute approximate surface area is 267 Å². The van der Waals surface area contributed by atoms with E-state index in [9.17, 15) is 22.8 Å². The van der Waals surface area contributed by atoms with E-state index in [1.165, 1.54) is 54.6 Å². The molecule has 12 heteroatoms. The van der Waals surface area contributed by atoms with Gasteiger partial charge in [0.25, 0.3) is 5.76 Å². The minimum Gasteiger partial charge on any atom is -0.449 e. The molecule has 0 fully saturated rings. The minimum absolute atomic E-state index is 0.00697. The standard InChI is InChI=1S/C32H29Cl3F3NO5/c1-17(2)14-39(15-18(3)4)16-24-26(43-31(41)22-10-7-20(34)13-25(22)35)12-11-23-27(40)29(30(32(36,37)38)44-28(23)24)42-21-8-5-19(33)6-9-21/h5-13,17-18H,14-16H2,1-4H3. The van der Waals surface area contributed by atoms with Gasteiger partial charge in [-0.15, -0.1) is 0 Å². The normalized spacial score (nSPS) is 12.0. The number of rotatable bonds is 10. The molecule has 0 radical (unpaired) electrons. The average molecular weight is 671 g/mol. The first kappa shape index (κ1) is 33.6. The highest BCUT2D eigenvalue weighted by atomic mass is 35.5. The predicted octanol–water partition coefficient (Wildman–Crippen LogP) is 9.90. The SMILES string of the molecule is CC(C)CN(Cc1c(OC(=O)c2ccc(Cl)cc2Cl)ccc2c(=O)c(Oc3ccc(Cl)cc3)c(C(F)(F)F)oc12)CC(C)C. The highest BCUT2D eigenvalue weighted by Crippen LogP contribution is 2.41. The van der Waals surface area contributed by atoms with E-state index in [2.05, 4.69) is 0 Å². The molecule has 0 saturated heterocycles. The van der Waals surface area contributed by atoms with Gasteiger partial charge in [-0.05, 0) is 66.4 Å². The van der Waals surface area contributed by atoms with Crippen molar-refractivity contribution in [2.24, 2.45) is 11.8 Å². The molecule has 3 aromatic carbocycles. The third-order valence-electron chi connectivity index (χ3n) is 6.35. The van der Waals surface area contributed by atoms with Crippen LogP contribution in [0.4, 0.5) is 13.2 Å². The second kappa shape index (κ2) is 13.8. The molecular formula is C32H29Cl3F3NO5. The van der Waals surface area contributed by atoms with Crippen molar-refractivity contribution < 1.29 is 31.9 Å². The fourth-order valence-corrected chi connectivity index (χ4v) is 5.31. The highest BCUT2D eigenvalue weighted by Gasteiger charge is 2.41. The number of halogens is 6. The maximum atomic E-state index is 14.4. The Bertz CT molecular complexity index is 1710. The summed E-state index contributed by atoms with van der Waals surface area (Å²) in [7, 11) is 0. The molecule has 0 bridgehead atoms. The summed E-state index contributed by atoms with van der Waals surface area (Å²) in [6.07, 6.45) is -5.11. The largest absolute Gasteiger partial charge is 0.453 e. The van der Waals surface area contributed by atoms with Crippen LogP contribution in [0.3, 0.4) is 0 Å². The molecule has 0 atom stereocenters. The summed E-state index contributed by atoms with van der Waals surface area (Å²) in [6.45, 7) is 9.16. The third-order valence-corrected chi connectivity index (χ3v) is 7.15. The van der Waals surface area contributed by atoms with Crippen molar-refractivity contribution in [3.8, 4) is 17.2 Å². The molecule has 1 heterocycles. The van der Waals surface area contributed by atoms with Crippen LogP contribution in [0.1, 0.15) is 49.4 Å². The van der Waals surface area contributed by atoms with E-state index in [0.717, 1.165) is 0 Å². The molecule has 0 spiro atoms. The second-order valence-electron chi connectivity index (χ2n) is 11.1. The quantitative estimate of drug-likeness (QED) is 0.124. The van der Waals surface area contributed by atoms with Crippen LogP contribution in [0.15, 0.2) is 63.8 Å². The van der Waals surface area contributed by atoms with Gasteiger partial charge in [0.05, 0.1) is 21.5 Å². The van der Waals surface area contributed by atoms with E-state index in [1.807, 2.05) is 32.6 Å². The molecule has 0 aliphatic carbocycles. The number of nitrogens with zero attached hydrogens (tertiary/aromatic N) is 1. The van der Waals surface area contributed by atoms with Gasteiger partial charge in [0, 0.05) is 29.7 Å². The average Bonchev–Trinajstić information content (AvgIpc) is 2.91. The monoisotopic (exact) mass is 669 g/mol. The lowest BCUT2D eigenvalue weighted by molar-refractivity contribution is -0.154. The number of benzene rings is 3. The van der Waals surface area contributed by atoms with Crippen molar-refractivity contribution in [2.45, 2.75) is 40.4 Å². The lowest BCUT2D eigenvalue weighted by atomic mass is 10.1. The maximum absolute atomic E-state index is 14.4. The van der Waals surface area contributed by atoms with Gasteiger partial charge >= 0.3 is 12.1 Å². The minimum atomic E-state index is -5.11. The van der Waals surface area contributed by atoms with E-state index >= 15 is 0 Å². The molecule has 0 aliphatic rings. The van der Waals surface area contributed by atoms with E-state index in [0.29, 0.717) is 23.1 Å². The fourth-order valence-electron chi connectivity index (χ4n) is 4.69. The molecule has 44 heavy (non-hydrogen) atoms. The predicted molar refractivity (Wildman–Crippen MR) is 165 cm³/mol. The van der Waals surface area contributed by atoms with Crippen LogP contribution in [-0.2, 0) is 12.7 Å². The molecular weight excluding hydrogens is 642 g/mol. The number of carbonyl (C=O) groups is 1. The number of carbonyl (C=O) groups excluding carboxylic acids is 1. The van der Waals surface area contributed by atoms with Gasteiger partial charge < -0.3 is 13.9 Å². The molecule has 0 unspecified atom stereocenters. The molecule has 0 saturated carbocycles. The molecule has 0 aliphatic heterocycles. The fraction of sp³-hybridized carbons (Fsp3) is 0.312. The van der Waals surface area contributed by atoms with E-state index < -0.39 is 29.1 Å². The lowest BCUT2D eigenvalue weighted by Crippen LogP contribution is -2.31. The number of hydrogen-bond donors (Lipinski definition) is 0. The molecule has 234 valence electrons. The molecule has 0 N–H and O–H groups in total. The van der Waals surface area contributed by atoms with Crippen LogP contribution in [0.25, 0.3) is 11.0 Å². The third kappa shape index (κ3) is 8.07. The first-order chi connectivity index (χ1) is 20.6. The van der Waals surface area contributed by atoms with Crippen LogP contribution < -0.4 is 14.9 Å². The van der Waals surface area contributed by atoms with E-state index in [1.54, 1.807) is 0 Å². The number of esters is 1. The summed E-state index contributed by atoms with van der Waals surface area (Å²) in [5.74, 6) is -3.27. The zero-order valence-corrected chi connectivity index (χ0v) is 26.5. The Kier molecular flexibility index (Phi) is 10.6. The zero-order chi connectivity index (χ0) is 32.3. The van der Waals surface area contributed by atoms with Gasteiger partial charge in [0.2, 0.25) is 11.2 Å². The maximum Gasteiger partial charge on any atom is 0.453 e. The lowest BCUT2D eigenvalue weighted by Gasteiger charge is -2.27. The van der Waals surface area contributed by atoms with Gasteiger partial charge in [-0.25, -0.2) is 4.79 Å². The van der Waals surface area contributed by atoms with Crippen LogP contribution in [0.2, 0.25) is 15.1 Å². The summed E-state index contributed by atoms with van der Waals surface area (Å²) in [5.41, 5.74) is -1.35. The number of ether oxygens (including phenoxy) is 2. The summed E-state index contributed by atoms with van der Waals surface area (Å²) >= 11 is 18.1. The van der Waals surface area contributed by atoms with Crippen molar-refractivity contribution in [1.29, 1.82) is 0 Å². The van der Waals surface area contributed by atoms with Crippen LogP contribution in [-0.4, -0.2) is 24.0 Å². The number of hydrogen-bond acceptors (Lipinski definition) is 6. The smallest absolute Gasteiger partial charge is 0.449 e. The summed E-state index contributed by atoms with van der Waals surface area (Å²) in [5, 5.41) is 0.475. The number of fused-ring (bicyclic) bond motifs is 1. The van der Waals surface area contributed by atoms with Gasteiger partial charge in [0.1, 0.15) is 17.1 Å². The Hall–Kier alpha value is -3.24. The zero-order valence-electron chi connectivity index (χ0n) is 24.2.